The highest BCUT2D eigenvalue weighted by atomic mass is 35.5. The van der Waals surface area contributed by atoms with E-state index >= 15 is 0 Å². The van der Waals surface area contributed by atoms with Gasteiger partial charge < -0.3 is 21.4 Å². The fourth-order valence-electron chi connectivity index (χ4n) is 2.12. The largest absolute Gasteiger partial charge is 0.388 e. The lowest BCUT2D eigenvalue weighted by molar-refractivity contribution is 1.08. The molecule has 0 saturated heterocycles. The van der Waals surface area contributed by atoms with Crippen LogP contribution in [-0.4, -0.2) is 29.3 Å². The summed E-state index contributed by atoms with van der Waals surface area (Å²) in [6.45, 7) is 0. The molecule has 0 aliphatic heterocycles. The minimum Gasteiger partial charge on any atom is -0.388 e. The van der Waals surface area contributed by atoms with Gasteiger partial charge in [-0.2, -0.15) is 4.98 Å². The normalized spacial score (nSPS) is 13.5. The topological polar surface area (TPSA) is 85.7 Å². The van der Waals surface area contributed by atoms with E-state index in [0.29, 0.717) is 22.8 Å². The zero-order valence-electron chi connectivity index (χ0n) is 12.2. The molecule has 22 heavy (non-hydrogen) atoms. The first kappa shape index (κ1) is 14.6. The first-order valence-electron chi connectivity index (χ1n) is 7.08. The molecule has 114 valence electrons. The fourth-order valence-corrected chi connectivity index (χ4v) is 2.26. The minimum atomic E-state index is 0.448. The van der Waals surface area contributed by atoms with Crippen LogP contribution in [0.1, 0.15) is 18.4 Å². The molecule has 0 spiro atoms. The van der Waals surface area contributed by atoms with Crippen LogP contribution in [0.15, 0.2) is 24.4 Å². The van der Waals surface area contributed by atoms with Gasteiger partial charge in [0, 0.05) is 30.6 Å². The van der Waals surface area contributed by atoms with E-state index in [1.54, 1.807) is 6.20 Å². The van der Waals surface area contributed by atoms with Gasteiger partial charge in [0.05, 0.1) is 11.9 Å². The molecule has 7 heteroatoms. The molecule has 3 rings (SSSR count). The highest BCUT2D eigenvalue weighted by molar-refractivity contribution is 6.32. The van der Waals surface area contributed by atoms with Crippen LogP contribution >= 0.6 is 11.6 Å². The summed E-state index contributed by atoms with van der Waals surface area (Å²) in [5.41, 5.74) is 2.38. The Morgan fingerprint density at radius 3 is 2.77 bits per heavy atom. The molecular weight excluding hydrogens is 300 g/mol. The average Bonchev–Trinajstić information content (AvgIpc) is 3.34. The Morgan fingerprint density at radius 2 is 2.09 bits per heavy atom. The first-order chi connectivity index (χ1) is 10.7. The van der Waals surface area contributed by atoms with Crippen molar-refractivity contribution in [1.82, 2.24) is 9.97 Å². The number of nitrogens with one attached hydrogen (secondary N) is 4. The number of benzene rings is 1. The smallest absolute Gasteiger partial charge is 0.229 e. The van der Waals surface area contributed by atoms with Crippen LogP contribution < -0.4 is 16.0 Å². The van der Waals surface area contributed by atoms with E-state index in [1.807, 2.05) is 25.2 Å². The van der Waals surface area contributed by atoms with Crippen molar-refractivity contribution in [3.63, 3.8) is 0 Å². The second-order valence-corrected chi connectivity index (χ2v) is 5.50. The number of hydrogen-bond acceptors (Lipinski definition) is 6. The van der Waals surface area contributed by atoms with Crippen molar-refractivity contribution in [2.24, 2.45) is 0 Å². The molecule has 1 aliphatic rings. The lowest BCUT2D eigenvalue weighted by atomic mass is 10.1. The summed E-state index contributed by atoms with van der Waals surface area (Å²) < 4.78 is 0. The van der Waals surface area contributed by atoms with Gasteiger partial charge in [0.15, 0.2) is 5.82 Å². The van der Waals surface area contributed by atoms with Gasteiger partial charge in [-0.1, -0.05) is 17.7 Å². The number of halogens is 1. The Labute approximate surface area is 133 Å². The summed E-state index contributed by atoms with van der Waals surface area (Å²) >= 11 is 6.12. The van der Waals surface area contributed by atoms with Crippen molar-refractivity contribution < 1.29 is 0 Å². The maximum Gasteiger partial charge on any atom is 0.229 e. The molecule has 0 radical (unpaired) electrons. The van der Waals surface area contributed by atoms with Crippen molar-refractivity contribution in [3.05, 3.63) is 35.0 Å². The SMILES string of the molecule is CNc1cccc(Nc2ncc(Cl)c(NC3CC3)n2)c1C=N. The molecule has 1 aromatic carbocycles. The predicted octanol–water partition coefficient (Wildman–Crippen LogP) is 3.49. The van der Waals surface area contributed by atoms with E-state index in [9.17, 15) is 0 Å². The zero-order valence-corrected chi connectivity index (χ0v) is 12.9. The van der Waals surface area contributed by atoms with Crippen LogP contribution in [-0.2, 0) is 0 Å². The van der Waals surface area contributed by atoms with E-state index in [1.165, 1.54) is 6.21 Å². The third-order valence-electron chi connectivity index (χ3n) is 3.43. The van der Waals surface area contributed by atoms with E-state index in [0.717, 1.165) is 29.8 Å². The number of hydrogen-bond donors (Lipinski definition) is 4. The summed E-state index contributed by atoms with van der Waals surface area (Å²) in [5.74, 6) is 1.09. The van der Waals surface area contributed by atoms with Gasteiger partial charge >= 0.3 is 0 Å². The molecular formula is C15H17ClN6. The third kappa shape index (κ3) is 3.12. The number of nitrogens with zero attached hydrogens (tertiary/aromatic N) is 2. The molecule has 1 heterocycles. The molecule has 1 aromatic heterocycles. The van der Waals surface area contributed by atoms with Crippen molar-refractivity contribution in [2.75, 3.05) is 23.0 Å². The average molecular weight is 317 g/mol. The van der Waals surface area contributed by atoms with E-state index in [-0.39, 0.29) is 0 Å². The van der Waals surface area contributed by atoms with Gasteiger partial charge in [-0.15, -0.1) is 0 Å². The predicted molar refractivity (Wildman–Crippen MR) is 90.8 cm³/mol. The Morgan fingerprint density at radius 1 is 1.32 bits per heavy atom. The molecule has 1 aliphatic carbocycles. The van der Waals surface area contributed by atoms with E-state index < -0.39 is 0 Å². The van der Waals surface area contributed by atoms with Gasteiger partial charge in [-0.05, 0) is 25.0 Å². The molecule has 2 aromatic rings. The molecule has 0 bridgehead atoms. The highest BCUT2D eigenvalue weighted by Gasteiger charge is 2.22. The van der Waals surface area contributed by atoms with Crippen LogP contribution in [0.25, 0.3) is 0 Å². The van der Waals surface area contributed by atoms with Gasteiger partial charge in [-0.3, -0.25) is 0 Å². The second-order valence-electron chi connectivity index (χ2n) is 5.09. The standard InChI is InChI=1S/C15H17ClN6/c1-18-12-3-2-4-13(10(12)7-17)21-15-19-8-11(16)14(22-15)20-9-5-6-9/h2-4,7-9,17-18H,5-6H2,1H3,(H2,19,20,21,22). The van der Waals surface area contributed by atoms with Crippen molar-refractivity contribution in [2.45, 2.75) is 18.9 Å². The van der Waals surface area contributed by atoms with Crippen molar-refractivity contribution in [1.29, 1.82) is 5.41 Å². The monoisotopic (exact) mass is 316 g/mol. The third-order valence-corrected chi connectivity index (χ3v) is 3.71. The molecule has 1 fully saturated rings. The van der Waals surface area contributed by atoms with Crippen molar-refractivity contribution >= 4 is 41.0 Å². The molecule has 1 saturated carbocycles. The molecule has 0 amide bonds. The Balaban J connectivity index is 1.88. The Bertz CT molecular complexity index is 698. The molecule has 6 nitrogen and oxygen atoms in total. The van der Waals surface area contributed by atoms with Gasteiger partial charge in [0.25, 0.3) is 0 Å². The van der Waals surface area contributed by atoms with E-state index in [4.69, 9.17) is 17.0 Å². The molecule has 0 atom stereocenters. The summed E-state index contributed by atoms with van der Waals surface area (Å²) in [4.78, 5) is 8.62. The van der Waals surface area contributed by atoms with Gasteiger partial charge in [0.2, 0.25) is 5.95 Å². The summed E-state index contributed by atoms with van der Waals surface area (Å²) in [7, 11) is 1.82. The summed E-state index contributed by atoms with van der Waals surface area (Å²) in [5, 5.41) is 17.6. The van der Waals surface area contributed by atoms with Crippen molar-refractivity contribution in [3.8, 4) is 0 Å². The maximum absolute atomic E-state index is 7.59. The van der Waals surface area contributed by atoms with Gasteiger partial charge in [0.1, 0.15) is 5.02 Å². The van der Waals surface area contributed by atoms with Crippen LogP contribution in [0, 0.1) is 5.41 Å². The van der Waals surface area contributed by atoms with Crippen LogP contribution in [0.2, 0.25) is 5.02 Å². The molecule has 4 N–H and O–H groups in total. The zero-order chi connectivity index (χ0) is 15.5. The quantitative estimate of drug-likeness (QED) is 0.613. The Kier molecular flexibility index (Phi) is 4.11. The lowest BCUT2D eigenvalue weighted by Crippen LogP contribution is -2.07. The van der Waals surface area contributed by atoms with Crippen LogP contribution in [0.3, 0.4) is 0 Å². The summed E-state index contributed by atoms with van der Waals surface area (Å²) in [6.07, 6.45) is 5.16. The fraction of sp³-hybridized carbons (Fsp3) is 0.267. The lowest BCUT2D eigenvalue weighted by Gasteiger charge is -2.13. The second kappa shape index (κ2) is 6.19. The first-order valence-corrected chi connectivity index (χ1v) is 7.46. The minimum absolute atomic E-state index is 0.448. The van der Waals surface area contributed by atoms with Crippen LogP contribution in [0.4, 0.5) is 23.1 Å². The van der Waals surface area contributed by atoms with Gasteiger partial charge in [-0.25, -0.2) is 4.98 Å². The van der Waals surface area contributed by atoms with E-state index in [2.05, 4.69) is 25.9 Å². The number of rotatable bonds is 6. The highest BCUT2D eigenvalue weighted by Crippen LogP contribution is 2.29. The molecule has 0 unspecified atom stereocenters. The maximum atomic E-state index is 7.59. The summed E-state index contributed by atoms with van der Waals surface area (Å²) in [6, 6.07) is 6.16. The number of anilines is 4. The number of aromatic nitrogens is 2. The van der Waals surface area contributed by atoms with Crippen LogP contribution in [0.5, 0.6) is 0 Å². The Hall–Kier alpha value is -2.34.